The van der Waals surface area contributed by atoms with Crippen molar-refractivity contribution in [3.8, 4) is 0 Å². The third-order valence-corrected chi connectivity index (χ3v) is 2.68. The lowest BCUT2D eigenvalue weighted by molar-refractivity contribution is -0.144. The number of H-pyrrole nitrogens is 1. The van der Waals surface area contributed by atoms with Gasteiger partial charge in [0.2, 0.25) is 0 Å². The molecule has 3 nitrogen and oxygen atoms in total. The van der Waals surface area contributed by atoms with Crippen molar-refractivity contribution in [2.45, 2.75) is 20.0 Å². The molecule has 5 heteroatoms. The molecule has 0 radical (unpaired) electrons. The molecule has 0 spiro atoms. The van der Waals surface area contributed by atoms with Crippen LogP contribution in [0.1, 0.15) is 19.0 Å². The smallest absolute Gasteiger partial charge is 0.305 e. The summed E-state index contributed by atoms with van der Waals surface area (Å²) >= 11 is 5.67. The number of fused-ring (bicyclic) bond motifs is 1. The molecule has 90 valence electrons. The zero-order valence-corrected chi connectivity index (χ0v) is 9.97. The molecule has 0 fully saturated rings. The van der Waals surface area contributed by atoms with Crippen molar-refractivity contribution in [3.05, 3.63) is 34.7 Å². The summed E-state index contributed by atoms with van der Waals surface area (Å²) in [5.41, 5.74) is 1.43. The van der Waals surface area contributed by atoms with E-state index in [-0.39, 0.29) is 17.6 Å². The summed E-state index contributed by atoms with van der Waals surface area (Å²) in [7, 11) is 0. The van der Waals surface area contributed by atoms with Crippen LogP contribution in [0.4, 0.5) is 4.39 Å². The summed E-state index contributed by atoms with van der Waals surface area (Å²) in [4.78, 5) is 14.0. The fraction of sp³-hybridized carbons (Fsp3) is 0.250. The minimum Gasteiger partial charge on any atom is -0.459 e. The fourth-order valence-electron chi connectivity index (χ4n) is 1.52. The van der Waals surface area contributed by atoms with Gasteiger partial charge in [0, 0.05) is 17.3 Å². The molecule has 1 heterocycles. The van der Waals surface area contributed by atoms with Gasteiger partial charge in [0.1, 0.15) is 12.4 Å². The predicted molar refractivity (Wildman–Crippen MR) is 63.4 cm³/mol. The highest BCUT2D eigenvalue weighted by Crippen LogP contribution is 2.23. The van der Waals surface area contributed by atoms with Crippen molar-refractivity contribution in [1.29, 1.82) is 0 Å². The lowest BCUT2D eigenvalue weighted by Gasteiger charge is -1.99. The molecule has 2 rings (SSSR count). The van der Waals surface area contributed by atoms with Crippen LogP contribution in [0, 0.1) is 5.82 Å². The zero-order valence-electron chi connectivity index (χ0n) is 9.22. The summed E-state index contributed by atoms with van der Waals surface area (Å²) in [5, 5.41) is 0.769. The van der Waals surface area contributed by atoms with Gasteiger partial charge in [-0.2, -0.15) is 0 Å². The van der Waals surface area contributed by atoms with Crippen LogP contribution in [0.15, 0.2) is 18.2 Å². The summed E-state index contributed by atoms with van der Waals surface area (Å²) in [6.07, 6.45) is 0.334. The maximum absolute atomic E-state index is 13.2. The normalized spacial score (nSPS) is 10.8. The number of hydrogen-bond acceptors (Lipinski definition) is 2. The number of benzene rings is 1. The molecule has 0 aliphatic rings. The van der Waals surface area contributed by atoms with Gasteiger partial charge in [-0.1, -0.05) is 18.5 Å². The van der Waals surface area contributed by atoms with Crippen LogP contribution in [0.5, 0.6) is 0 Å². The number of nitrogens with one attached hydrogen (secondary N) is 1. The molecular weight excluding hydrogens is 245 g/mol. The monoisotopic (exact) mass is 255 g/mol. The number of hydrogen-bond donors (Lipinski definition) is 1. The SMILES string of the molecule is CCC(=O)OCc1cc2cc(F)c(Cl)cc2[nH]1. The van der Waals surface area contributed by atoms with E-state index >= 15 is 0 Å². The van der Waals surface area contributed by atoms with Gasteiger partial charge in [-0.3, -0.25) is 4.79 Å². The van der Waals surface area contributed by atoms with Crippen molar-refractivity contribution in [2.24, 2.45) is 0 Å². The third-order valence-electron chi connectivity index (χ3n) is 2.39. The summed E-state index contributed by atoms with van der Waals surface area (Å²) in [6, 6.07) is 4.59. The van der Waals surface area contributed by atoms with E-state index in [9.17, 15) is 9.18 Å². The molecule has 0 saturated carbocycles. The molecular formula is C12H11ClFNO2. The standard InChI is InChI=1S/C12H11ClFNO2/c1-2-12(16)17-6-8-3-7-4-10(14)9(13)5-11(7)15-8/h3-5,15H,2,6H2,1H3. The van der Waals surface area contributed by atoms with Gasteiger partial charge in [0.05, 0.1) is 10.7 Å². The van der Waals surface area contributed by atoms with E-state index in [0.717, 1.165) is 5.52 Å². The zero-order chi connectivity index (χ0) is 12.4. The van der Waals surface area contributed by atoms with E-state index in [0.29, 0.717) is 17.5 Å². The molecule has 0 aliphatic carbocycles. The van der Waals surface area contributed by atoms with Crippen molar-refractivity contribution in [2.75, 3.05) is 0 Å². The van der Waals surface area contributed by atoms with E-state index in [2.05, 4.69) is 4.98 Å². The Kier molecular flexibility index (Phi) is 3.33. The number of aromatic amines is 1. The van der Waals surface area contributed by atoms with Gasteiger partial charge in [0.15, 0.2) is 0 Å². The Bertz CT molecular complexity index is 526. The highest BCUT2D eigenvalue weighted by atomic mass is 35.5. The van der Waals surface area contributed by atoms with Crippen LogP contribution in [0.3, 0.4) is 0 Å². The molecule has 0 aliphatic heterocycles. The molecule has 2 aromatic rings. The number of aromatic nitrogens is 1. The molecule has 1 aromatic carbocycles. The Morgan fingerprint density at radius 3 is 2.94 bits per heavy atom. The first-order valence-corrected chi connectivity index (χ1v) is 5.60. The Labute approximate surface area is 103 Å². The maximum Gasteiger partial charge on any atom is 0.305 e. The Hall–Kier alpha value is -1.55. The number of carbonyl (C=O) groups excluding carboxylic acids is 1. The highest BCUT2D eigenvalue weighted by Gasteiger charge is 2.07. The van der Waals surface area contributed by atoms with Crippen LogP contribution < -0.4 is 0 Å². The lowest BCUT2D eigenvalue weighted by atomic mass is 10.2. The topological polar surface area (TPSA) is 42.1 Å². The molecule has 0 saturated heterocycles. The number of esters is 1. The number of rotatable bonds is 3. The number of carbonyl (C=O) groups is 1. The first-order chi connectivity index (χ1) is 8.10. The third kappa shape index (κ3) is 2.58. The van der Waals surface area contributed by atoms with E-state index < -0.39 is 5.82 Å². The van der Waals surface area contributed by atoms with Gasteiger partial charge >= 0.3 is 5.97 Å². The largest absolute Gasteiger partial charge is 0.459 e. The van der Waals surface area contributed by atoms with Crippen LogP contribution in [0.2, 0.25) is 5.02 Å². The first kappa shape index (κ1) is 11.9. The van der Waals surface area contributed by atoms with Gasteiger partial charge in [-0.25, -0.2) is 4.39 Å². The average Bonchev–Trinajstić information content (AvgIpc) is 2.68. The number of ether oxygens (including phenoxy) is 1. The molecule has 0 unspecified atom stereocenters. The predicted octanol–water partition coefficient (Wildman–Crippen LogP) is 3.41. The highest BCUT2D eigenvalue weighted by molar-refractivity contribution is 6.31. The fourth-order valence-corrected chi connectivity index (χ4v) is 1.69. The van der Waals surface area contributed by atoms with Crippen molar-refractivity contribution < 1.29 is 13.9 Å². The van der Waals surface area contributed by atoms with Gasteiger partial charge in [-0.15, -0.1) is 0 Å². The van der Waals surface area contributed by atoms with Crippen molar-refractivity contribution >= 4 is 28.5 Å². The quantitative estimate of drug-likeness (QED) is 0.854. The van der Waals surface area contributed by atoms with E-state index in [4.69, 9.17) is 16.3 Å². The second kappa shape index (κ2) is 4.75. The van der Waals surface area contributed by atoms with Gasteiger partial charge in [-0.05, 0) is 18.2 Å². The second-order valence-electron chi connectivity index (χ2n) is 3.66. The summed E-state index contributed by atoms with van der Waals surface area (Å²) in [5.74, 6) is -0.733. The lowest BCUT2D eigenvalue weighted by Crippen LogP contribution is -2.02. The Morgan fingerprint density at radius 2 is 2.24 bits per heavy atom. The van der Waals surface area contributed by atoms with Crippen LogP contribution in [0.25, 0.3) is 10.9 Å². The molecule has 17 heavy (non-hydrogen) atoms. The van der Waals surface area contributed by atoms with Gasteiger partial charge in [0.25, 0.3) is 0 Å². The Balaban J connectivity index is 2.23. The summed E-state index contributed by atoms with van der Waals surface area (Å²) < 4.78 is 18.2. The van der Waals surface area contributed by atoms with Crippen molar-refractivity contribution in [1.82, 2.24) is 4.98 Å². The van der Waals surface area contributed by atoms with E-state index in [1.165, 1.54) is 12.1 Å². The first-order valence-electron chi connectivity index (χ1n) is 5.22. The average molecular weight is 256 g/mol. The number of halogens is 2. The molecule has 0 amide bonds. The minimum atomic E-state index is -0.463. The van der Waals surface area contributed by atoms with E-state index in [1.807, 2.05) is 0 Å². The molecule has 1 aromatic heterocycles. The molecule has 0 atom stereocenters. The van der Waals surface area contributed by atoms with Gasteiger partial charge < -0.3 is 9.72 Å². The molecule has 0 bridgehead atoms. The van der Waals surface area contributed by atoms with Crippen molar-refractivity contribution in [3.63, 3.8) is 0 Å². The maximum atomic E-state index is 13.2. The minimum absolute atomic E-state index is 0.0662. The van der Waals surface area contributed by atoms with Crippen LogP contribution in [-0.4, -0.2) is 11.0 Å². The molecule has 1 N–H and O–H groups in total. The summed E-state index contributed by atoms with van der Waals surface area (Å²) in [6.45, 7) is 1.88. The van der Waals surface area contributed by atoms with Crippen LogP contribution >= 0.6 is 11.6 Å². The second-order valence-corrected chi connectivity index (χ2v) is 4.07. The van der Waals surface area contributed by atoms with E-state index in [1.54, 1.807) is 13.0 Å². The van der Waals surface area contributed by atoms with Crippen LogP contribution in [-0.2, 0) is 16.1 Å². The Morgan fingerprint density at radius 1 is 1.47 bits per heavy atom.